The molecule has 1 aromatic carbocycles. The maximum Gasteiger partial charge on any atom is 0.252 e. The molecule has 0 saturated carbocycles. The molecule has 0 fully saturated rings. The zero-order chi connectivity index (χ0) is 16.8. The van der Waals surface area contributed by atoms with Gasteiger partial charge in [-0.05, 0) is 31.0 Å². The number of aromatic nitrogens is 2. The van der Waals surface area contributed by atoms with Gasteiger partial charge in [-0.15, -0.1) is 0 Å². The van der Waals surface area contributed by atoms with Gasteiger partial charge < -0.3 is 9.84 Å². The number of phenolic OH excluding ortho intramolecular Hbond substituents is 1. The molecule has 3 N–H and O–H groups in total. The number of H-pyrrole nitrogens is 1. The molecule has 0 spiro atoms. The molecule has 2 aromatic rings. The average molecular weight is 337 g/mol. The first-order chi connectivity index (χ1) is 11.0. The number of aromatic hydroxyl groups is 1. The number of hydrogen-bond donors (Lipinski definition) is 3. The lowest BCUT2D eigenvalue weighted by molar-refractivity contribution is 0.318. The van der Waals surface area contributed by atoms with Crippen LogP contribution in [0.4, 0.5) is 5.95 Å². The van der Waals surface area contributed by atoms with Crippen molar-refractivity contribution in [1.82, 2.24) is 9.97 Å². The monoisotopic (exact) mass is 336 g/mol. The summed E-state index contributed by atoms with van der Waals surface area (Å²) in [5.41, 5.74) is 3.69. The Bertz CT molecular complexity index is 774. The van der Waals surface area contributed by atoms with Gasteiger partial charge in [0.2, 0.25) is 5.95 Å². The summed E-state index contributed by atoms with van der Waals surface area (Å²) in [4.78, 5) is 18.2. The summed E-state index contributed by atoms with van der Waals surface area (Å²) < 4.78 is 5.29. The lowest BCUT2D eigenvalue weighted by atomic mass is 10.2. The van der Waals surface area contributed by atoms with E-state index in [0.717, 1.165) is 0 Å². The van der Waals surface area contributed by atoms with Crippen molar-refractivity contribution >= 4 is 23.8 Å². The van der Waals surface area contributed by atoms with Gasteiger partial charge >= 0.3 is 0 Å². The van der Waals surface area contributed by atoms with Gasteiger partial charge in [0.05, 0.1) is 17.8 Å². The van der Waals surface area contributed by atoms with Gasteiger partial charge in [0, 0.05) is 11.8 Å². The number of phenols is 1. The number of hydrazone groups is 1. The first kappa shape index (κ1) is 16.8. The highest BCUT2D eigenvalue weighted by molar-refractivity contribution is 6.32. The summed E-state index contributed by atoms with van der Waals surface area (Å²) in [7, 11) is 0. The van der Waals surface area contributed by atoms with E-state index >= 15 is 0 Å². The minimum atomic E-state index is -0.249. The number of anilines is 1. The minimum absolute atomic E-state index is 0.111. The maximum atomic E-state index is 11.5. The van der Waals surface area contributed by atoms with Gasteiger partial charge in [0.1, 0.15) is 0 Å². The van der Waals surface area contributed by atoms with Gasteiger partial charge in [-0.3, -0.25) is 9.78 Å². The van der Waals surface area contributed by atoms with E-state index in [4.69, 9.17) is 16.3 Å². The van der Waals surface area contributed by atoms with Crippen LogP contribution in [0, 0.1) is 0 Å². The molecule has 0 saturated heterocycles. The van der Waals surface area contributed by atoms with Crippen molar-refractivity contribution in [2.75, 3.05) is 12.0 Å². The van der Waals surface area contributed by atoms with E-state index in [0.29, 0.717) is 24.3 Å². The van der Waals surface area contributed by atoms with E-state index in [-0.39, 0.29) is 28.0 Å². The van der Waals surface area contributed by atoms with E-state index in [2.05, 4.69) is 20.5 Å². The topological polar surface area (TPSA) is 99.6 Å². The van der Waals surface area contributed by atoms with Crippen molar-refractivity contribution < 1.29 is 9.84 Å². The first-order valence-electron chi connectivity index (χ1n) is 7.08. The van der Waals surface area contributed by atoms with Crippen LogP contribution in [0.5, 0.6) is 11.5 Å². The van der Waals surface area contributed by atoms with Crippen molar-refractivity contribution in [2.45, 2.75) is 20.3 Å². The number of halogens is 1. The molecule has 1 aromatic heterocycles. The molecule has 8 heteroatoms. The predicted octanol–water partition coefficient (Wildman–Crippen LogP) is 2.54. The highest BCUT2D eigenvalue weighted by Gasteiger charge is 2.08. The molecule has 23 heavy (non-hydrogen) atoms. The van der Waals surface area contributed by atoms with E-state index < -0.39 is 0 Å². The summed E-state index contributed by atoms with van der Waals surface area (Å²) >= 11 is 5.94. The van der Waals surface area contributed by atoms with Gasteiger partial charge in [0.15, 0.2) is 11.5 Å². The Morgan fingerprint density at radius 1 is 1.43 bits per heavy atom. The third kappa shape index (κ3) is 4.46. The number of rotatable bonds is 6. The zero-order valence-corrected chi connectivity index (χ0v) is 13.5. The van der Waals surface area contributed by atoms with E-state index in [1.807, 2.05) is 6.92 Å². The Morgan fingerprint density at radius 3 is 2.91 bits per heavy atom. The molecule has 0 radical (unpaired) electrons. The van der Waals surface area contributed by atoms with Crippen molar-refractivity contribution in [3.63, 3.8) is 0 Å². The summed E-state index contributed by atoms with van der Waals surface area (Å²) in [5.74, 6) is 0.418. The second-order valence-corrected chi connectivity index (χ2v) is 5.00. The Morgan fingerprint density at radius 2 is 2.22 bits per heavy atom. The maximum absolute atomic E-state index is 11.5. The number of benzene rings is 1. The van der Waals surface area contributed by atoms with Crippen LogP contribution in [-0.2, 0) is 6.42 Å². The molecule has 2 rings (SSSR count). The molecule has 0 atom stereocenters. The fraction of sp³-hybridized carbons (Fsp3) is 0.267. The van der Waals surface area contributed by atoms with Crippen LogP contribution in [0.1, 0.15) is 25.1 Å². The Labute approximate surface area is 138 Å². The van der Waals surface area contributed by atoms with Gasteiger partial charge in [-0.1, -0.05) is 18.5 Å². The number of ether oxygens (including phenoxy) is 1. The number of aromatic amines is 1. The second kappa shape index (κ2) is 7.64. The fourth-order valence-corrected chi connectivity index (χ4v) is 2.06. The Kier molecular flexibility index (Phi) is 5.59. The number of nitrogens with zero attached hydrogens (tertiary/aromatic N) is 2. The molecule has 0 bridgehead atoms. The van der Waals surface area contributed by atoms with Crippen LogP contribution in [0.3, 0.4) is 0 Å². The van der Waals surface area contributed by atoms with Crippen molar-refractivity contribution in [2.24, 2.45) is 5.10 Å². The highest BCUT2D eigenvalue weighted by Crippen LogP contribution is 2.34. The largest absolute Gasteiger partial charge is 0.503 e. The molecule has 0 unspecified atom stereocenters. The van der Waals surface area contributed by atoms with E-state index in [1.165, 1.54) is 12.3 Å². The van der Waals surface area contributed by atoms with Crippen LogP contribution >= 0.6 is 11.6 Å². The normalized spacial score (nSPS) is 10.9. The van der Waals surface area contributed by atoms with Gasteiger partial charge in [-0.25, -0.2) is 10.4 Å². The SMILES string of the molecule is CCOc1cc(/C=N\Nc2nc(CC)cc(=O)[nH]2)cc(Cl)c1O. The summed E-state index contributed by atoms with van der Waals surface area (Å²) in [6.07, 6.45) is 2.13. The summed E-state index contributed by atoms with van der Waals surface area (Å²) in [6.45, 7) is 4.11. The molecule has 122 valence electrons. The zero-order valence-electron chi connectivity index (χ0n) is 12.8. The number of nitrogens with one attached hydrogen (secondary N) is 2. The van der Waals surface area contributed by atoms with E-state index in [9.17, 15) is 9.90 Å². The average Bonchev–Trinajstić information content (AvgIpc) is 2.51. The number of aryl methyl sites for hydroxylation is 1. The quantitative estimate of drug-likeness (QED) is 0.556. The van der Waals surface area contributed by atoms with Crippen LogP contribution in [0.25, 0.3) is 0 Å². The molecular formula is C15H17ClN4O3. The molecule has 0 aliphatic carbocycles. The lowest BCUT2D eigenvalue weighted by Gasteiger charge is -2.08. The van der Waals surface area contributed by atoms with Gasteiger partial charge in [-0.2, -0.15) is 5.10 Å². The van der Waals surface area contributed by atoms with Crippen LogP contribution in [-0.4, -0.2) is 27.9 Å². The third-order valence-electron chi connectivity index (χ3n) is 2.89. The molecule has 0 amide bonds. The molecule has 7 nitrogen and oxygen atoms in total. The fourth-order valence-electron chi connectivity index (χ4n) is 1.84. The first-order valence-corrected chi connectivity index (χ1v) is 7.45. The predicted molar refractivity (Wildman–Crippen MR) is 89.7 cm³/mol. The van der Waals surface area contributed by atoms with Crippen LogP contribution < -0.4 is 15.7 Å². The Balaban J connectivity index is 2.17. The van der Waals surface area contributed by atoms with E-state index in [1.54, 1.807) is 19.1 Å². The summed E-state index contributed by atoms with van der Waals surface area (Å²) in [6, 6.07) is 4.58. The van der Waals surface area contributed by atoms with Gasteiger partial charge in [0.25, 0.3) is 5.56 Å². The lowest BCUT2D eigenvalue weighted by Crippen LogP contribution is -2.11. The Hall–Kier alpha value is -2.54. The van der Waals surface area contributed by atoms with Crippen molar-refractivity contribution in [1.29, 1.82) is 0 Å². The minimum Gasteiger partial charge on any atom is -0.503 e. The summed E-state index contributed by atoms with van der Waals surface area (Å²) in [5, 5.41) is 13.9. The highest BCUT2D eigenvalue weighted by atomic mass is 35.5. The number of hydrogen-bond acceptors (Lipinski definition) is 6. The molecule has 0 aliphatic rings. The smallest absolute Gasteiger partial charge is 0.252 e. The third-order valence-corrected chi connectivity index (χ3v) is 3.18. The molecular weight excluding hydrogens is 320 g/mol. The standard InChI is InChI=1S/C15H17ClN4O3/c1-3-10-7-13(21)19-15(18-10)20-17-8-9-5-11(16)14(22)12(6-9)23-4-2/h5-8,22H,3-4H2,1-2H3,(H2,18,19,20,21)/b17-8-. The van der Waals surface area contributed by atoms with Crippen molar-refractivity contribution in [3.8, 4) is 11.5 Å². The van der Waals surface area contributed by atoms with Crippen LogP contribution in [0.15, 0.2) is 28.1 Å². The van der Waals surface area contributed by atoms with Crippen LogP contribution in [0.2, 0.25) is 5.02 Å². The second-order valence-electron chi connectivity index (χ2n) is 4.59. The molecule has 1 heterocycles. The van der Waals surface area contributed by atoms with Crippen molar-refractivity contribution in [3.05, 3.63) is 44.8 Å². The molecule has 0 aliphatic heterocycles.